The fraction of sp³-hybridized carbons (Fsp3) is 0.741. The summed E-state index contributed by atoms with van der Waals surface area (Å²) < 4.78 is 16.7. The van der Waals surface area contributed by atoms with Crippen molar-refractivity contribution < 1.29 is 23.8 Å². The Bertz CT molecular complexity index is 967. The van der Waals surface area contributed by atoms with E-state index >= 15 is 0 Å². The number of fused-ring (bicyclic) bond motifs is 2. The van der Waals surface area contributed by atoms with Crippen molar-refractivity contribution in [2.75, 3.05) is 46.6 Å². The average molecular weight is 552 g/mol. The molecule has 3 N–H and O–H groups in total. The maximum absolute atomic E-state index is 12.9. The number of piperidine rings is 2. The van der Waals surface area contributed by atoms with Crippen molar-refractivity contribution in [3.8, 4) is 5.88 Å². The van der Waals surface area contributed by atoms with Gasteiger partial charge in [-0.25, -0.2) is 0 Å². The van der Waals surface area contributed by atoms with Crippen molar-refractivity contribution in [2.24, 2.45) is 0 Å². The quantitative estimate of drug-likeness (QED) is 0.316. The largest absolute Gasteiger partial charge is 0.480 e. The van der Waals surface area contributed by atoms with Gasteiger partial charge in [0, 0.05) is 38.7 Å². The van der Waals surface area contributed by atoms with Crippen LogP contribution >= 0.6 is 11.6 Å². The van der Waals surface area contributed by atoms with Gasteiger partial charge in [-0.2, -0.15) is 4.98 Å². The van der Waals surface area contributed by atoms with Gasteiger partial charge in [0.15, 0.2) is 0 Å². The molecule has 4 heterocycles. The van der Waals surface area contributed by atoms with Gasteiger partial charge in [-0.3, -0.25) is 9.59 Å². The summed E-state index contributed by atoms with van der Waals surface area (Å²) in [7, 11) is 5.29. The van der Waals surface area contributed by atoms with Crippen molar-refractivity contribution in [3.63, 3.8) is 0 Å². The number of amides is 1. The molecule has 0 aliphatic carbocycles. The average Bonchev–Trinajstić information content (AvgIpc) is 3.10. The first-order valence-corrected chi connectivity index (χ1v) is 14.1. The number of ether oxygens (including phenoxy) is 3. The fourth-order valence-corrected chi connectivity index (χ4v) is 6.27. The molecule has 0 spiro atoms. The number of aromatic nitrogens is 1. The molecular weight excluding hydrogens is 510 g/mol. The van der Waals surface area contributed by atoms with Crippen LogP contribution < -0.4 is 15.8 Å². The Kier molecular flexibility index (Phi) is 10.1. The predicted molar refractivity (Wildman–Crippen MR) is 145 cm³/mol. The van der Waals surface area contributed by atoms with Crippen molar-refractivity contribution in [1.29, 1.82) is 0 Å². The molecular formula is C27H42ClN5O5. The van der Waals surface area contributed by atoms with Gasteiger partial charge < -0.3 is 35.1 Å². The van der Waals surface area contributed by atoms with Crippen LogP contribution in [-0.2, 0) is 14.3 Å². The van der Waals surface area contributed by atoms with E-state index in [1.807, 2.05) is 0 Å². The monoisotopic (exact) mass is 551 g/mol. The highest BCUT2D eigenvalue weighted by molar-refractivity contribution is 6.33. The summed E-state index contributed by atoms with van der Waals surface area (Å²) in [6.07, 6.45) is 8.45. The third-order valence-electron chi connectivity index (χ3n) is 8.38. The minimum Gasteiger partial charge on any atom is -0.480 e. The molecule has 3 aliphatic rings. The van der Waals surface area contributed by atoms with Crippen LogP contribution in [0.3, 0.4) is 0 Å². The maximum Gasteiger partial charge on any atom is 0.306 e. The van der Waals surface area contributed by atoms with Crippen LogP contribution in [-0.4, -0.2) is 97.9 Å². The van der Waals surface area contributed by atoms with E-state index in [-0.39, 0.29) is 52.4 Å². The van der Waals surface area contributed by atoms with E-state index in [0.29, 0.717) is 18.5 Å². The summed E-state index contributed by atoms with van der Waals surface area (Å²) in [6, 6.07) is 2.49. The number of rotatable bonds is 11. The summed E-state index contributed by atoms with van der Waals surface area (Å²) in [4.78, 5) is 34.1. The van der Waals surface area contributed by atoms with Gasteiger partial charge in [0.2, 0.25) is 5.88 Å². The van der Waals surface area contributed by atoms with E-state index < -0.39 is 0 Å². The lowest BCUT2D eigenvalue weighted by atomic mass is 10.0. The number of esters is 1. The minimum atomic E-state index is -0.323. The van der Waals surface area contributed by atoms with Crippen LogP contribution in [0, 0.1) is 0 Å². The van der Waals surface area contributed by atoms with E-state index in [0.717, 1.165) is 58.2 Å². The molecule has 0 radical (unpaired) electrons. The second-order valence-electron chi connectivity index (χ2n) is 10.8. The lowest BCUT2D eigenvalue weighted by molar-refractivity contribution is -0.152. The highest BCUT2D eigenvalue weighted by atomic mass is 35.5. The van der Waals surface area contributed by atoms with Gasteiger partial charge in [0.1, 0.15) is 17.5 Å². The van der Waals surface area contributed by atoms with Crippen LogP contribution in [0.4, 0.5) is 5.82 Å². The maximum atomic E-state index is 12.9. The van der Waals surface area contributed by atoms with Crippen LogP contribution in [0.25, 0.3) is 0 Å². The highest BCUT2D eigenvalue weighted by Gasteiger charge is 2.39. The van der Waals surface area contributed by atoms with Crippen molar-refractivity contribution in [1.82, 2.24) is 20.1 Å². The molecule has 4 rings (SSSR count). The fourth-order valence-electron chi connectivity index (χ4n) is 6.12. The Morgan fingerprint density at radius 3 is 2.58 bits per heavy atom. The summed E-state index contributed by atoms with van der Waals surface area (Å²) >= 11 is 6.07. The minimum absolute atomic E-state index is 0.0517. The number of nitrogens with zero attached hydrogens (tertiary/aromatic N) is 3. The molecule has 1 aromatic heterocycles. The molecule has 38 heavy (non-hydrogen) atoms. The summed E-state index contributed by atoms with van der Waals surface area (Å²) in [5, 5.41) is 3.25. The Morgan fingerprint density at radius 1 is 1.16 bits per heavy atom. The molecule has 1 amide bonds. The molecule has 10 nitrogen and oxygen atoms in total. The molecule has 2 bridgehead atoms. The molecule has 11 heteroatoms. The second kappa shape index (κ2) is 13.3. The molecule has 1 aromatic rings. The molecule has 3 fully saturated rings. The number of carbonyl (C=O) groups is 2. The highest BCUT2D eigenvalue weighted by Crippen LogP contribution is 2.35. The SMILES string of the molecule is COc1nc(N)c(Cl)cc1C(=O)N[C@@H]1CCN(CCCCCC(=O)OC2CC3CCC(C2)N3C)C[C@@H]1OC. The van der Waals surface area contributed by atoms with E-state index in [9.17, 15) is 9.59 Å². The number of anilines is 1. The molecule has 3 saturated heterocycles. The summed E-state index contributed by atoms with van der Waals surface area (Å²) in [6.45, 7) is 2.50. The third kappa shape index (κ3) is 7.08. The molecule has 2 unspecified atom stereocenters. The van der Waals surface area contributed by atoms with Gasteiger partial charge in [-0.15, -0.1) is 0 Å². The van der Waals surface area contributed by atoms with Crippen LogP contribution in [0.2, 0.25) is 5.02 Å². The number of carbonyl (C=O) groups excluding carboxylic acids is 2. The molecule has 212 valence electrons. The number of pyridine rings is 1. The standard InChI is InChI=1S/C27H42ClN5O5/c1-32-17-8-9-18(32)14-19(13-17)38-24(34)7-5-4-6-11-33-12-10-22(23(16-33)36-2)30-26(35)20-15-21(28)25(29)31-27(20)37-3/h15,17-19,22-23H,4-14,16H2,1-3H3,(H2,29,31)(H,30,35)/t17?,18?,19?,22-,23+/m1/s1. The van der Waals surface area contributed by atoms with E-state index in [4.69, 9.17) is 31.5 Å². The van der Waals surface area contributed by atoms with E-state index in [2.05, 4.69) is 27.1 Å². The number of hydrogen-bond acceptors (Lipinski definition) is 9. The number of nitrogen functional groups attached to an aromatic ring is 1. The van der Waals surface area contributed by atoms with Crippen LogP contribution in [0.15, 0.2) is 6.07 Å². The van der Waals surface area contributed by atoms with Gasteiger partial charge in [-0.1, -0.05) is 18.0 Å². The smallest absolute Gasteiger partial charge is 0.306 e. The zero-order valence-electron chi connectivity index (χ0n) is 22.8. The molecule has 0 saturated carbocycles. The number of nitrogens with one attached hydrogen (secondary N) is 1. The number of halogens is 1. The van der Waals surface area contributed by atoms with E-state index in [1.165, 1.54) is 26.0 Å². The first-order chi connectivity index (χ1) is 18.3. The van der Waals surface area contributed by atoms with Crippen LogP contribution in [0.5, 0.6) is 5.88 Å². The van der Waals surface area contributed by atoms with Crippen molar-refractivity contribution in [3.05, 3.63) is 16.7 Å². The number of unbranched alkanes of at least 4 members (excludes halogenated alkanes) is 2. The second-order valence-corrected chi connectivity index (χ2v) is 11.2. The first-order valence-electron chi connectivity index (χ1n) is 13.8. The number of hydrogen-bond donors (Lipinski definition) is 2. The van der Waals surface area contributed by atoms with Gasteiger partial charge >= 0.3 is 5.97 Å². The molecule has 3 aliphatic heterocycles. The first kappa shape index (κ1) is 28.9. The Hall–Kier alpha value is -2.14. The molecule has 4 atom stereocenters. The lowest BCUT2D eigenvalue weighted by Crippen LogP contribution is -2.54. The normalized spacial score (nSPS) is 27.7. The van der Waals surface area contributed by atoms with Crippen LogP contribution in [0.1, 0.15) is 68.1 Å². The van der Waals surface area contributed by atoms with Crippen molar-refractivity contribution >= 4 is 29.3 Å². The Balaban J connectivity index is 1.14. The summed E-state index contributed by atoms with van der Waals surface area (Å²) in [5.41, 5.74) is 5.97. The zero-order chi connectivity index (χ0) is 27.2. The molecule has 0 aromatic carbocycles. The van der Waals surface area contributed by atoms with Gasteiger partial charge in [0.05, 0.1) is 24.3 Å². The zero-order valence-corrected chi connectivity index (χ0v) is 23.5. The topological polar surface area (TPSA) is 119 Å². The number of methoxy groups -OCH3 is 2. The summed E-state index contributed by atoms with van der Waals surface area (Å²) in [5.74, 6) is -0.122. The Labute approximate surface area is 230 Å². The lowest BCUT2D eigenvalue weighted by Gasteiger charge is -2.38. The van der Waals surface area contributed by atoms with Gasteiger partial charge in [0.25, 0.3) is 5.91 Å². The third-order valence-corrected chi connectivity index (χ3v) is 8.68. The van der Waals surface area contributed by atoms with Crippen molar-refractivity contribution in [2.45, 2.75) is 88.1 Å². The predicted octanol–water partition coefficient (Wildman–Crippen LogP) is 2.87. The number of nitrogens with two attached hydrogens (primary N) is 1. The Morgan fingerprint density at radius 2 is 1.89 bits per heavy atom. The van der Waals surface area contributed by atoms with Gasteiger partial charge in [-0.05, 0) is 64.6 Å². The van der Waals surface area contributed by atoms with E-state index in [1.54, 1.807) is 7.11 Å². The number of likely N-dealkylation sites (tertiary alicyclic amines) is 1.